The van der Waals surface area contributed by atoms with Crippen LogP contribution in [0.4, 0.5) is 0 Å². The van der Waals surface area contributed by atoms with Crippen molar-refractivity contribution in [2.45, 2.75) is 25.9 Å². The molecule has 2 heterocycles. The molecule has 2 aromatic carbocycles. The van der Waals surface area contributed by atoms with Crippen LogP contribution in [0.3, 0.4) is 0 Å². The van der Waals surface area contributed by atoms with Gasteiger partial charge < -0.3 is 9.32 Å². The lowest BCUT2D eigenvalue weighted by molar-refractivity contribution is 0.0736. The van der Waals surface area contributed by atoms with Gasteiger partial charge in [-0.2, -0.15) is 0 Å². The Kier molecular flexibility index (Phi) is 4.47. The van der Waals surface area contributed by atoms with Crippen molar-refractivity contribution in [3.05, 3.63) is 65.5 Å². The number of nitrogens with zero attached hydrogens (tertiary/aromatic N) is 3. The molecule has 1 amide bonds. The van der Waals surface area contributed by atoms with Crippen LogP contribution in [0.1, 0.15) is 28.2 Å². The van der Waals surface area contributed by atoms with Gasteiger partial charge in [0.15, 0.2) is 11.5 Å². The van der Waals surface area contributed by atoms with E-state index in [1.54, 1.807) is 6.92 Å². The van der Waals surface area contributed by atoms with Crippen LogP contribution < -0.4 is 0 Å². The van der Waals surface area contributed by atoms with Gasteiger partial charge in [0.25, 0.3) is 5.91 Å². The third-order valence-corrected chi connectivity index (χ3v) is 5.12. The van der Waals surface area contributed by atoms with Gasteiger partial charge in [-0.05, 0) is 24.1 Å². The molecule has 1 unspecified atom stereocenters. The van der Waals surface area contributed by atoms with Crippen molar-refractivity contribution in [1.29, 1.82) is 0 Å². The fraction of sp³-hybridized carbons (Fsp3) is 0.333. The number of hydrogen-bond donors (Lipinski definition) is 0. The van der Waals surface area contributed by atoms with E-state index >= 15 is 0 Å². The first-order chi connectivity index (χ1) is 12.6. The van der Waals surface area contributed by atoms with E-state index in [0.717, 1.165) is 26.1 Å². The maximum absolute atomic E-state index is 13.0. The van der Waals surface area contributed by atoms with Gasteiger partial charge in [-0.15, -0.1) is 0 Å². The maximum atomic E-state index is 13.0. The molecule has 5 nitrogen and oxygen atoms in total. The molecular formula is C21H23N3O2. The fourth-order valence-electron chi connectivity index (χ4n) is 3.70. The second-order valence-electron chi connectivity index (χ2n) is 6.96. The molecule has 1 aliphatic heterocycles. The van der Waals surface area contributed by atoms with Crippen LogP contribution in [0.5, 0.6) is 0 Å². The second-order valence-corrected chi connectivity index (χ2v) is 6.96. The number of carbonyl (C=O) groups is 1. The van der Waals surface area contributed by atoms with Gasteiger partial charge in [0, 0.05) is 39.6 Å². The van der Waals surface area contributed by atoms with Crippen LogP contribution in [0.2, 0.25) is 0 Å². The molecule has 0 N–H and O–H groups in total. The van der Waals surface area contributed by atoms with Gasteiger partial charge in [-0.25, -0.2) is 4.98 Å². The summed E-state index contributed by atoms with van der Waals surface area (Å²) in [6, 6.07) is 16.2. The number of likely N-dealkylation sites (tertiary alicyclic amines) is 1. The van der Waals surface area contributed by atoms with Crippen molar-refractivity contribution in [2.24, 2.45) is 0 Å². The summed E-state index contributed by atoms with van der Waals surface area (Å²) in [7, 11) is 1.89. The second kappa shape index (κ2) is 6.92. The normalized spacial score (nSPS) is 17.7. The average Bonchev–Trinajstić information content (AvgIpc) is 3.26. The number of para-hydroxylation sites is 1. The topological polar surface area (TPSA) is 49.6 Å². The lowest BCUT2D eigenvalue weighted by atomic mass is 10.1. The van der Waals surface area contributed by atoms with Gasteiger partial charge in [-0.1, -0.05) is 36.4 Å². The van der Waals surface area contributed by atoms with Crippen molar-refractivity contribution in [1.82, 2.24) is 14.8 Å². The van der Waals surface area contributed by atoms with Crippen molar-refractivity contribution in [3.63, 3.8) is 0 Å². The highest BCUT2D eigenvalue weighted by atomic mass is 16.3. The van der Waals surface area contributed by atoms with Crippen LogP contribution in [0.25, 0.3) is 11.1 Å². The van der Waals surface area contributed by atoms with Crippen molar-refractivity contribution < 1.29 is 9.21 Å². The summed E-state index contributed by atoms with van der Waals surface area (Å²) >= 11 is 0. The Morgan fingerprint density at radius 1 is 1.23 bits per heavy atom. The number of benzene rings is 2. The standard InChI is InChI=1S/C21H23N3O2/c1-15-22-20-18(9-6-10-19(20)26-15)21(25)23(2)17-11-12-24(14-17)13-16-7-4-3-5-8-16/h3-10,17H,11-14H2,1-2H3. The minimum atomic E-state index is 0.00969. The molecule has 1 aliphatic rings. The van der Waals surface area contributed by atoms with E-state index in [2.05, 4.69) is 34.1 Å². The van der Waals surface area contributed by atoms with Gasteiger partial charge >= 0.3 is 0 Å². The summed E-state index contributed by atoms with van der Waals surface area (Å²) in [5.74, 6) is 0.591. The van der Waals surface area contributed by atoms with Crippen LogP contribution in [-0.2, 0) is 6.54 Å². The highest BCUT2D eigenvalue weighted by Crippen LogP contribution is 2.23. The molecular weight excluding hydrogens is 326 g/mol. The first-order valence-electron chi connectivity index (χ1n) is 9.01. The van der Waals surface area contributed by atoms with Crippen LogP contribution in [0, 0.1) is 6.92 Å². The zero-order valence-electron chi connectivity index (χ0n) is 15.2. The Bertz CT molecular complexity index is 919. The maximum Gasteiger partial charge on any atom is 0.256 e. The van der Waals surface area contributed by atoms with E-state index < -0.39 is 0 Å². The molecule has 26 heavy (non-hydrogen) atoms. The molecule has 1 atom stereocenters. The number of hydrogen-bond acceptors (Lipinski definition) is 4. The quantitative estimate of drug-likeness (QED) is 0.723. The molecule has 0 aliphatic carbocycles. The highest BCUT2D eigenvalue weighted by Gasteiger charge is 2.30. The Morgan fingerprint density at radius 3 is 2.85 bits per heavy atom. The lowest BCUT2D eigenvalue weighted by Crippen LogP contribution is -2.39. The molecule has 134 valence electrons. The number of likely N-dealkylation sites (N-methyl/N-ethyl adjacent to an activating group) is 1. The Labute approximate surface area is 153 Å². The Hall–Kier alpha value is -2.66. The van der Waals surface area contributed by atoms with E-state index in [-0.39, 0.29) is 11.9 Å². The number of carbonyl (C=O) groups excluding carboxylic acids is 1. The molecule has 0 saturated carbocycles. The minimum absolute atomic E-state index is 0.00969. The van der Waals surface area contributed by atoms with Crippen molar-refractivity contribution >= 4 is 17.0 Å². The predicted molar refractivity (Wildman–Crippen MR) is 101 cm³/mol. The van der Waals surface area contributed by atoms with E-state index in [1.165, 1.54) is 5.56 Å². The number of fused-ring (bicyclic) bond motifs is 1. The van der Waals surface area contributed by atoms with Crippen LogP contribution in [-0.4, -0.2) is 46.9 Å². The number of amides is 1. The molecule has 1 saturated heterocycles. The summed E-state index contributed by atoms with van der Waals surface area (Å²) in [4.78, 5) is 21.7. The first-order valence-corrected chi connectivity index (χ1v) is 9.01. The largest absolute Gasteiger partial charge is 0.441 e. The van der Waals surface area contributed by atoms with E-state index in [9.17, 15) is 4.79 Å². The smallest absolute Gasteiger partial charge is 0.256 e. The van der Waals surface area contributed by atoms with E-state index in [0.29, 0.717) is 22.6 Å². The third-order valence-electron chi connectivity index (χ3n) is 5.12. The zero-order valence-corrected chi connectivity index (χ0v) is 15.2. The minimum Gasteiger partial charge on any atom is -0.441 e. The van der Waals surface area contributed by atoms with Crippen LogP contribution in [0.15, 0.2) is 52.9 Å². The van der Waals surface area contributed by atoms with Crippen molar-refractivity contribution in [2.75, 3.05) is 20.1 Å². The van der Waals surface area contributed by atoms with Gasteiger partial charge in [0.2, 0.25) is 0 Å². The number of rotatable bonds is 4. The monoisotopic (exact) mass is 349 g/mol. The van der Waals surface area contributed by atoms with E-state index in [4.69, 9.17) is 4.42 Å². The Balaban J connectivity index is 1.47. The fourth-order valence-corrected chi connectivity index (χ4v) is 3.70. The van der Waals surface area contributed by atoms with Crippen molar-refractivity contribution in [3.8, 4) is 0 Å². The third kappa shape index (κ3) is 3.22. The summed E-state index contributed by atoms with van der Waals surface area (Å²) in [5.41, 5.74) is 3.24. The average molecular weight is 349 g/mol. The number of aryl methyl sites for hydroxylation is 1. The zero-order chi connectivity index (χ0) is 18.1. The summed E-state index contributed by atoms with van der Waals surface area (Å²) < 4.78 is 5.56. The van der Waals surface area contributed by atoms with Gasteiger partial charge in [0.1, 0.15) is 5.52 Å². The molecule has 1 aromatic heterocycles. The molecule has 0 spiro atoms. The van der Waals surface area contributed by atoms with Crippen LogP contribution >= 0.6 is 0 Å². The summed E-state index contributed by atoms with van der Waals surface area (Å²) in [6.07, 6.45) is 0.989. The SMILES string of the molecule is Cc1nc2c(C(=O)N(C)C3CCN(Cc4ccccc4)C3)cccc2o1. The summed E-state index contributed by atoms with van der Waals surface area (Å²) in [5, 5.41) is 0. The highest BCUT2D eigenvalue weighted by molar-refractivity contribution is 6.04. The lowest BCUT2D eigenvalue weighted by Gasteiger charge is -2.25. The molecule has 3 aromatic rings. The molecule has 4 rings (SSSR count). The van der Waals surface area contributed by atoms with E-state index in [1.807, 2.05) is 36.2 Å². The number of aromatic nitrogens is 1. The number of oxazole rings is 1. The molecule has 1 fully saturated rings. The molecule has 0 bridgehead atoms. The van der Waals surface area contributed by atoms with Gasteiger partial charge in [-0.3, -0.25) is 9.69 Å². The molecule has 5 heteroatoms. The first kappa shape index (κ1) is 16.8. The van der Waals surface area contributed by atoms with Gasteiger partial charge in [0.05, 0.1) is 5.56 Å². The Morgan fingerprint density at radius 2 is 2.04 bits per heavy atom. The summed E-state index contributed by atoms with van der Waals surface area (Å²) in [6.45, 7) is 4.63. The molecule has 0 radical (unpaired) electrons. The predicted octanol–water partition coefficient (Wildman–Crippen LogP) is 3.48.